The summed E-state index contributed by atoms with van der Waals surface area (Å²) in [5.74, 6) is 0. The predicted molar refractivity (Wildman–Crippen MR) is 57.9 cm³/mol. The number of rotatable bonds is 2. The molecule has 6 heteroatoms. The molecule has 2 aromatic rings. The SMILES string of the molecule is NCC(O)c1cc(Cl)c2[nH]c(=O)[nH]c2c1. The normalized spacial score (nSPS) is 13.3. The Morgan fingerprint density at radius 3 is 2.87 bits per heavy atom. The third-order valence-corrected chi connectivity index (χ3v) is 2.51. The molecule has 1 heterocycles. The van der Waals surface area contributed by atoms with Crippen LogP contribution in [0.25, 0.3) is 11.0 Å². The number of aliphatic hydroxyl groups is 1. The van der Waals surface area contributed by atoms with Crippen molar-refractivity contribution in [2.75, 3.05) is 6.54 Å². The lowest BCUT2D eigenvalue weighted by atomic mass is 10.1. The minimum absolute atomic E-state index is 0.108. The van der Waals surface area contributed by atoms with Crippen LogP contribution in [-0.4, -0.2) is 21.6 Å². The zero-order chi connectivity index (χ0) is 11.0. The van der Waals surface area contributed by atoms with Gasteiger partial charge in [0.15, 0.2) is 0 Å². The molecule has 5 N–H and O–H groups in total. The minimum atomic E-state index is -0.773. The van der Waals surface area contributed by atoms with Gasteiger partial charge in [-0.05, 0) is 17.7 Å². The fraction of sp³-hybridized carbons (Fsp3) is 0.222. The van der Waals surface area contributed by atoms with E-state index in [9.17, 15) is 9.90 Å². The number of benzene rings is 1. The van der Waals surface area contributed by atoms with E-state index < -0.39 is 6.10 Å². The second-order valence-electron chi connectivity index (χ2n) is 3.26. The number of aromatic nitrogens is 2. The van der Waals surface area contributed by atoms with Gasteiger partial charge in [0.2, 0.25) is 0 Å². The van der Waals surface area contributed by atoms with Crippen LogP contribution in [-0.2, 0) is 0 Å². The van der Waals surface area contributed by atoms with Crippen molar-refractivity contribution in [2.45, 2.75) is 6.10 Å². The lowest BCUT2D eigenvalue weighted by molar-refractivity contribution is 0.187. The monoisotopic (exact) mass is 227 g/mol. The smallest absolute Gasteiger partial charge is 0.323 e. The maximum atomic E-state index is 11.0. The zero-order valence-corrected chi connectivity index (χ0v) is 8.51. The highest BCUT2D eigenvalue weighted by atomic mass is 35.5. The number of aliphatic hydroxyl groups excluding tert-OH is 1. The summed E-state index contributed by atoms with van der Waals surface area (Å²) in [6, 6.07) is 3.24. The number of fused-ring (bicyclic) bond motifs is 1. The molecule has 0 saturated heterocycles. The first-order chi connectivity index (χ1) is 7.11. The van der Waals surface area contributed by atoms with E-state index >= 15 is 0 Å². The molecule has 2 rings (SSSR count). The maximum Gasteiger partial charge on any atom is 0.323 e. The van der Waals surface area contributed by atoms with Crippen molar-refractivity contribution in [3.63, 3.8) is 0 Å². The van der Waals surface area contributed by atoms with Crippen molar-refractivity contribution in [3.8, 4) is 0 Å². The predicted octanol–water partition coefficient (Wildman–Crippen LogP) is 0.502. The van der Waals surface area contributed by atoms with Crippen LogP contribution in [0.15, 0.2) is 16.9 Å². The Balaban J connectivity index is 2.66. The molecular formula is C9H10ClN3O2. The second kappa shape index (κ2) is 3.69. The van der Waals surface area contributed by atoms with Gasteiger partial charge in [0.05, 0.1) is 22.2 Å². The Morgan fingerprint density at radius 2 is 2.20 bits per heavy atom. The standard InChI is InChI=1S/C9H10ClN3O2/c10-5-1-4(7(14)3-11)2-6-8(5)13-9(15)12-6/h1-2,7,14H,3,11H2,(H2,12,13,15). The summed E-state index contributed by atoms with van der Waals surface area (Å²) in [5.41, 5.74) is 6.69. The quantitative estimate of drug-likeness (QED) is 0.602. The molecule has 1 aromatic carbocycles. The molecule has 0 spiro atoms. The Kier molecular flexibility index (Phi) is 2.52. The molecule has 0 aliphatic carbocycles. The largest absolute Gasteiger partial charge is 0.387 e. The van der Waals surface area contributed by atoms with Gasteiger partial charge >= 0.3 is 5.69 Å². The van der Waals surface area contributed by atoms with Crippen LogP contribution in [0.3, 0.4) is 0 Å². The van der Waals surface area contributed by atoms with E-state index in [2.05, 4.69) is 9.97 Å². The molecule has 1 atom stereocenters. The molecule has 1 aromatic heterocycles. The Bertz CT molecular complexity index is 546. The number of aromatic amines is 2. The summed E-state index contributed by atoms with van der Waals surface area (Å²) < 4.78 is 0. The van der Waals surface area contributed by atoms with Gasteiger partial charge in [0.25, 0.3) is 0 Å². The van der Waals surface area contributed by atoms with Gasteiger partial charge in [-0.15, -0.1) is 0 Å². The molecule has 0 radical (unpaired) electrons. The molecule has 0 aliphatic heterocycles. The number of hydrogen-bond acceptors (Lipinski definition) is 3. The highest BCUT2D eigenvalue weighted by Gasteiger charge is 2.10. The van der Waals surface area contributed by atoms with Gasteiger partial charge in [0.1, 0.15) is 0 Å². The molecule has 80 valence electrons. The van der Waals surface area contributed by atoms with E-state index in [1.54, 1.807) is 12.1 Å². The van der Waals surface area contributed by atoms with Gasteiger partial charge < -0.3 is 20.8 Å². The van der Waals surface area contributed by atoms with Crippen LogP contribution >= 0.6 is 11.6 Å². The third-order valence-electron chi connectivity index (χ3n) is 2.21. The topological polar surface area (TPSA) is 94.9 Å². The summed E-state index contributed by atoms with van der Waals surface area (Å²) in [6.45, 7) is 0.108. The van der Waals surface area contributed by atoms with E-state index in [-0.39, 0.29) is 12.2 Å². The number of H-pyrrole nitrogens is 2. The molecule has 1 unspecified atom stereocenters. The first-order valence-electron chi connectivity index (χ1n) is 4.41. The summed E-state index contributed by atoms with van der Waals surface area (Å²) >= 11 is 5.93. The van der Waals surface area contributed by atoms with Gasteiger partial charge in [-0.1, -0.05) is 11.6 Å². The Labute approximate surface area is 89.9 Å². The first kappa shape index (κ1) is 10.2. The molecular weight excluding hydrogens is 218 g/mol. The van der Waals surface area contributed by atoms with Crippen molar-refractivity contribution >= 4 is 22.6 Å². The van der Waals surface area contributed by atoms with Crippen LogP contribution in [0.4, 0.5) is 0 Å². The lowest BCUT2D eigenvalue weighted by Crippen LogP contribution is -2.11. The first-order valence-corrected chi connectivity index (χ1v) is 4.79. The summed E-state index contributed by atoms with van der Waals surface area (Å²) in [6.07, 6.45) is -0.773. The number of imidazole rings is 1. The molecule has 0 saturated carbocycles. The minimum Gasteiger partial charge on any atom is -0.387 e. The van der Waals surface area contributed by atoms with Crippen LogP contribution in [0, 0.1) is 0 Å². The zero-order valence-electron chi connectivity index (χ0n) is 7.75. The number of halogens is 1. The molecule has 0 amide bonds. The lowest BCUT2D eigenvalue weighted by Gasteiger charge is -2.08. The van der Waals surface area contributed by atoms with Gasteiger partial charge in [-0.2, -0.15) is 0 Å². The maximum absolute atomic E-state index is 11.0. The molecule has 15 heavy (non-hydrogen) atoms. The van der Waals surface area contributed by atoms with Gasteiger partial charge in [0, 0.05) is 6.54 Å². The van der Waals surface area contributed by atoms with E-state index in [0.717, 1.165) is 0 Å². The fourth-order valence-corrected chi connectivity index (χ4v) is 1.72. The van der Waals surface area contributed by atoms with Crippen molar-refractivity contribution < 1.29 is 5.11 Å². The van der Waals surface area contributed by atoms with Crippen molar-refractivity contribution in [3.05, 3.63) is 33.2 Å². The number of nitrogens with two attached hydrogens (primary N) is 1. The summed E-state index contributed by atoms with van der Waals surface area (Å²) in [4.78, 5) is 16.2. The molecule has 5 nitrogen and oxygen atoms in total. The third kappa shape index (κ3) is 1.77. The number of hydrogen-bond donors (Lipinski definition) is 4. The van der Waals surface area contributed by atoms with E-state index in [1.165, 1.54) is 0 Å². The summed E-state index contributed by atoms with van der Waals surface area (Å²) in [5, 5.41) is 9.92. The average molecular weight is 228 g/mol. The van der Waals surface area contributed by atoms with Crippen LogP contribution in [0.5, 0.6) is 0 Å². The van der Waals surface area contributed by atoms with Crippen molar-refractivity contribution in [1.82, 2.24) is 9.97 Å². The highest BCUT2D eigenvalue weighted by molar-refractivity contribution is 6.35. The van der Waals surface area contributed by atoms with Crippen LogP contribution in [0.1, 0.15) is 11.7 Å². The Morgan fingerprint density at radius 1 is 1.47 bits per heavy atom. The van der Waals surface area contributed by atoms with Crippen LogP contribution in [0.2, 0.25) is 5.02 Å². The molecule has 0 aliphatic rings. The number of nitrogens with one attached hydrogen (secondary N) is 2. The van der Waals surface area contributed by atoms with E-state index in [1.807, 2.05) is 0 Å². The van der Waals surface area contributed by atoms with Gasteiger partial charge in [-0.25, -0.2) is 4.79 Å². The highest BCUT2D eigenvalue weighted by Crippen LogP contribution is 2.24. The van der Waals surface area contributed by atoms with Crippen molar-refractivity contribution in [2.24, 2.45) is 5.73 Å². The van der Waals surface area contributed by atoms with E-state index in [0.29, 0.717) is 21.6 Å². The van der Waals surface area contributed by atoms with Crippen LogP contribution < -0.4 is 11.4 Å². The summed E-state index contributed by atoms with van der Waals surface area (Å²) in [7, 11) is 0. The van der Waals surface area contributed by atoms with Gasteiger partial charge in [-0.3, -0.25) is 0 Å². The molecule has 0 fully saturated rings. The second-order valence-corrected chi connectivity index (χ2v) is 3.66. The van der Waals surface area contributed by atoms with E-state index in [4.69, 9.17) is 17.3 Å². The Hall–Kier alpha value is -1.30. The molecule has 0 bridgehead atoms. The van der Waals surface area contributed by atoms with Crippen molar-refractivity contribution in [1.29, 1.82) is 0 Å². The fourth-order valence-electron chi connectivity index (χ4n) is 1.45. The average Bonchev–Trinajstić information content (AvgIpc) is 2.58.